The number of allylic oxidation sites excluding steroid dienone is 1. The van der Waals surface area contributed by atoms with E-state index in [-0.39, 0.29) is 0 Å². The summed E-state index contributed by atoms with van der Waals surface area (Å²) in [5.74, 6) is 3.94. The number of nitrogens with zero attached hydrogens (tertiary/aromatic N) is 3. The van der Waals surface area contributed by atoms with Gasteiger partial charge in [-0.15, -0.1) is 5.10 Å². The summed E-state index contributed by atoms with van der Waals surface area (Å²) in [6.07, 6.45) is 3.19. The molecule has 1 N–H and O–H groups in total. The Bertz CT molecular complexity index is 999. The molecule has 146 valence electrons. The number of nitrogens with one attached hydrogen (secondary N) is 1. The maximum atomic E-state index is 5.43. The van der Waals surface area contributed by atoms with Gasteiger partial charge < -0.3 is 19.5 Å². The molecule has 7 heteroatoms. The average Bonchev–Trinajstić information content (AvgIpc) is 3.48. The molecule has 2 heterocycles. The van der Waals surface area contributed by atoms with Crippen molar-refractivity contribution in [2.45, 2.75) is 19.3 Å². The van der Waals surface area contributed by atoms with Crippen molar-refractivity contribution in [3.05, 3.63) is 48.3 Å². The first-order valence-electron chi connectivity index (χ1n) is 9.22. The molecule has 0 spiro atoms. The average molecular weight is 380 g/mol. The van der Waals surface area contributed by atoms with Crippen LogP contribution in [0, 0.1) is 5.92 Å². The number of anilines is 2. The van der Waals surface area contributed by atoms with Crippen LogP contribution >= 0.6 is 0 Å². The van der Waals surface area contributed by atoms with Crippen molar-refractivity contribution in [3.63, 3.8) is 0 Å². The summed E-state index contributed by atoms with van der Waals surface area (Å²) in [5.41, 5.74) is 2.80. The van der Waals surface area contributed by atoms with Gasteiger partial charge in [0.25, 0.3) is 0 Å². The van der Waals surface area contributed by atoms with E-state index in [0.717, 1.165) is 29.4 Å². The fraction of sp³-hybridized carbons (Fsp3) is 0.333. The molecule has 1 saturated carbocycles. The van der Waals surface area contributed by atoms with Crippen LogP contribution in [0.5, 0.6) is 17.2 Å². The molecular weight excluding hydrogens is 356 g/mol. The van der Waals surface area contributed by atoms with Crippen molar-refractivity contribution in [1.29, 1.82) is 0 Å². The molecule has 3 aromatic rings. The van der Waals surface area contributed by atoms with E-state index in [4.69, 9.17) is 14.2 Å². The van der Waals surface area contributed by atoms with Gasteiger partial charge in [0, 0.05) is 24.2 Å². The first-order valence-corrected chi connectivity index (χ1v) is 9.22. The zero-order chi connectivity index (χ0) is 19.7. The van der Waals surface area contributed by atoms with E-state index in [1.165, 1.54) is 18.4 Å². The highest BCUT2D eigenvalue weighted by molar-refractivity contribution is 5.67. The Morgan fingerprint density at radius 3 is 2.46 bits per heavy atom. The molecule has 0 saturated heterocycles. The summed E-state index contributed by atoms with van der Waals surface area (Å²) in [4.78, 5) is 4.64. The lowest BCUT2D eigenvalue weighted by atomic mass is 10.1. The molecular formula is C21H24N4O3. The van der Waals surface area contributed by atoms with Gasteiger partial charge >= 0.3 is 0 Å². The van der Waals surface area contributed by atoms with E-state index in [9.17, 15) is 0 Å². The minimum atomic E-state index is 0.551. The summed E-state index contributed by atoms with van der Waals surface area (Å²) in [6, 6.07) is 9.55. The largest absolute Gasteiger partial charge is 0.493 e. The Labute approximate surface area is 163 Å². The van der Waals surface area contributed by atoms with E-state index in [0.29, 0.717) is 23.2 Å². The topological polar surface area (TPSA) is 69.9 Å². The van der Waals surface area contributed by atoms with Crippen LogP contribution in [0.1, 0.15) is 18.7 Å². The van der Waals surface area contributed by atoms with E-state index < -0.39 is 0 Å². The highest BCUT2D eigenvalue weighted by Crippen LogP contribution is 2.40. The number of pyridine rings is 1. The number of fused-ring (bicyclic) bond motifs is 1. The molecule has 0 bridgehead atoms. The van der Waals surface area contributed by atoms with Crippen molar-refractivity contribution in [2.75, 3.05) is 26.6 Å². The lowest BCUT2D eigenvalue weighted by molar-refractivity contribution is 0.324. The Hall–Kier alpha value is -3.22. The fourth-order valence-corrected chi connectivity index (χ4v) is 3.26. The standard InChI is InChI=1S/C21H24N4O3/c1-13(14-8-9-14)10-18-23-20-7-5-6-19(25(20)24-18)22-15-11-16(26-2)21(28-4)17(12-15)27-3/h5-7,11-12,14,22H,1,8-10H2,2-4H3. The zero-order valence-corrected chi connectivity index (χ0v) is 16.4. The second-order valence-electron chi connectivity index (χ2n) is 6.86. The smallest absolute Gasteiger partial charge is 0.203 e. The molecule has 0 amide bonds. The normalized spacial score (nSPS) is 13.4. The summed E-state index contributed by atoms with van der Waals surface area (Å²) in [5, 5.41) is 8.04. The highest BCUT2D eigenvalue weighted by atomic mass is 16.5. The number of benzene rings is 1. The quantitative estimate of drug-likeness (QED) is 0.596. The third-order valence-corrected chi connectivity index (χ3v) is 4.88. The molecule has 1 aliphatic carbocycles. The van der Waals surface area contributed by atoms with Crippen molar-refractivity contribution in [2.24, 2.45) is 5.92 Å². The van der Waals surface area contributed by atoms with Crippen LogP contribution in [0.3, 0.4) is 0 Å². The van der Waals surface area contributed by atoms with Gasteiger partial charge in [0.15, 0.2) is 23.0 Å². The lowest BCUT2D eigenvalue weighted by Crippen LogP contribution is -2.02. The Morgan fingerprint density at radius 1 is 1.14 bits per heavy atom. The van der Waals surface area contributed by atoms with E-state index in [1.54, 1.807) is 25.8 Å². The van der Waals surface area contributed by atoms with Crippen molar-refractivity contribution >= 4 is 17.2 Å². The van der Waals surface area contributed by atoms with Gasteiger partial charge in [-0.05, 0) is 30.9 Å². The number of methoxy groups -OCH3 is 3. The molecule has 0 atom stereocenters. The van der Waals surface area contributed by atoms with Gasteiger partial charge in [0.1, 0.15) is 5.82 Å². The monoisotopic (exact) mass is 380 g/mol. The molecule has 0 aliphatic heterocycles. The maximum Gasteiger partial charge on any atom is 0.203 e. The predicted octanol–water partition coefficient (Wildman–Crippen LogP) is 4.01. The minimum Gasteiger partial charge on any atom is -0.493 e. The van der Waals surface area contributed by atoms with Crippen molar-refractivity contribution < 1.29 is 14.2 Å². The summed E-state index contributed by atoms with van der Waals surface area (Å²) < 4.78 is 18.1. The second kappa shape index (κ2) is 7.42. The molecule has 7 nitrogen and oxygen atoms in total. The van der Waals surface area contributed by atoms with E-state index in [2.05, 4.69) is 22.0 Å². The SMILES string of the molecule is C=C(Cc1nc2cccc(Nc3cc(OC)c(OC)c(OC)c3)n2n1)C1CC1. The maximum absolute atomic E-state index is 5.43. The summed E-state index contributed by atoms with van der Waals surface area (Å²) in [7, 11) is 4.77. The third-order valence-electron chi connectivity index (χ3n) is 4.88. The predicted molar refractivity (Wildman–Crippen MR) is 108 cm³/mol. The summed E-state index contributed by atoms with van der Waals surface area (Å²) >= 11 is 0. The van der Waals surface area contributed by atoms with Gasteiger partial charge in [-0.2, -0.15) is 4.52 Å². The lowest BCUT2D eigenvalue weighted by Gasteiger charge is -2.15. The van der Waals surface area contributed by atoms with Crippen molar-refractivity contribution in [3.8, 4) is 17.2 Å². The molecule has 1 fully saturated rings. The van der Waals surface area contributed by atoms with Gasteiger partial charge in [0.2, 0.25) is 5.75 Å². The highest BCUT2D eigenvalue weighted by Gasteiger charge is 2.25. The summed E-state index contributed by atoms with van der Waals surface area (Å²) in [6.45, 7) is 4.18. The van der Waals surface area contributed by atoms with Crippen LogP contribution in [0.15, 0.2) is 42.5 Å². The number of aromatic nitrogens is 3. The molecule has 0 unspecified atom stereocenters. The number of hydrogen-bond acceptors (Lipinski definition) is 6. The first kappa shape index (κ1) is 18.2. The van der Waals surface area contributed by atoms with Gasteiger partial charge in [-0.3, -0.25) is 0 Å². The third kappa shape index (κ3) is 3.47. The Balaban J connectivity index is 1.66. The molecule has 2 aromatic heterocycles. The van der Waals surface area contributed by atoms with E-state index in [1.807, 2.05) is 30.3 Å². The van der Waals surface area contributed by atoms with Crippen LogP contribution in [0.2, 0.25) is 0 Å². The molecule has 0 radical (unpaired) electrons. The zero-order valence-electron chi connectivity index (χ0n) is 16.4. The molecule has 1 aliphatic rings. The minimum absolute atomic E-state index is 0.551. The Kier molecular flexibility index (Phi) is 4.81. The number of hydrogen-bond donors (Lipinski definition) is 1. The van der Waals surface area contributed by atoms with Gasteiger partial charge in [0.05, 0.1) is 21.3 Å². The van der Waals surface area contributed by atoms with Crippen LogP contribution in [0.25, 0.3) is 5.65 Å². The number of rotatable bonds is 8. The van der Waals surface area contributed by atoms with Gasteiger partial charge in [-0.25, -0.2) is 4.98 Å². The molecule has 28 heavy (non-hydrogen) atoms. The first-order chi connectivity index (χ1) is 13.6. The van der Waals surface area contributed by atoms with Crippen LogP contribution in [-0.2, 0) is 6.42 Å². The van der Waals surface area contributed by atoms with E-state index >= 15 is 0 Å². The van der Waals surface area contributed by atoms with Gasteiger partial charge in [-0.1, -0.05) is 18.2 Å². The van der Waals surface area contributed by atoms with Crippen LogP contribution in [0.4, 0.5) is 11.5 Å². The second-order valence-corrected chi connectivity index (χ2v) is 6.86. The van der Waals surface area contributed by atoms with Crippen LogP contribution < -0.4 is 19.5 Å². The Morgan fingerprint density at radius 2 is 1.86 bits per heavy atom. The fourth-order valence-electron chi connectivity index (χ4n) is 3.26. The molecule has 1 aromatic carbocycles. The van der Waals surface area contributed by atoms with Crippen molar-refractivity contribution in [1.82, 2.24) is 14.6 Å². The molecule has 4 rings (SSSR count). The number of ether oxygens (including phenoxy) is 3. The van der Waals surface area contributed by atoms with Crippen LogP contribution in [-0.4, -0.2) is 35.9 Å².